The zero-order valence-electron chi connectivity index (χ0n) is 23.4. The molecule has 0 saturated carbocycles. The van der Waals surface area contributed by atoms with Gasteiger partial charge in [-0.1, -0.05) is 72.8 Å². The number of azo groups is 2. The Labute approximate surface area is 285 Å². The van der Waals surface area contributed by atoms with E-state index in [9.17, 15) is 30.0 Å². The molecule has 0 atom stereocenters. The second kappa shape index (κ2) is 13.2. The SMILES string of the molecule is O=C([O-])c1cc(N=Nc2c(O)ccc3ccccc23)ccc1-c1ccc(N=Nc2c(O)ccc3ccccc23)cc1C(=O)[O-].[Ca+2]. The fourth-order valence-electron chi connectivity index (χ4n) is 4.91. The third-order valence-corrected chi connectivity index (χ3v) is 7.03. The molecule has 214 valence electrons. The molecule has 0 saturated heterocycles. The summed E-state index contributed by atoms with van der Waals surface area (Å²) in [5, 5.41) is 64.5. The summed E-state index contributed by atoms with van der Waals surface area (Å²) < 4.78 is 0. The molecular weight excluding hydrogens is 600 g/mol. The van der Waals surface area contributed by atoms with Crippen LogP contribution >= 0.6 is 0 Å². The number of aromatic carboxylic acids is 2. The van der Waals surface area contributed by atoms with Crippen LogP contribution < -0.4 is 10.2 Å². The summed E-state index contributed by atoms with van der Waals surface area (Å²) in [6, 6.07) is 29.1. The van der Waals surface area contributed by atoms with Gasteiger partial charge >= 0.3 is 37.7 Å². The van der Waals surface area contributed by atoms with Crippen LogP contribution in [0, 0.1) is 0 Å². The number of benzene rings is 6. The van der Waals surface area contributed by atoms with Gasteiger partial charge in [-0.2, -0.15) is 10.2 Å². The van der Waals surface area contributed by atoms with Crippen molar-refractivity contribution in [3.63, 3.8) is 0 Å². The molecule has 0 aliphatic rings. The van der Waals surface area contributed by atoms with Crippen LogP contribution in [0.4, 0.5) is 22.7 Å². The van der Waals surface area contributed by atoms with Gasteiger partial charge in [0.1, 0.15) is 22.9 Å². The Morgan fingerprint density at radius 3 is 1.31 bits per heavy atom. The smallest absolute Gasteiger partial charge is 0.545 e. The number of phenols is 2. The molecule has 0 radical (unpaired) electrons. The molecule has 2 N–H and O–H groups in total. The van der Waals surface area contributed by atoms with E-state index in [1.54, 1.807) is 36.4 Å². The van der Waals surface area contributed by atoms with Gasteiger partial charge in [-0.25, -0.2) is 0 Å². The van der Waals surface area contributed by atoms with Gasteiger partial charge in [-0.05, 0) is 58.3 Å². The van der Waals surface area contributed by atoms with Gasteiger partial charge in [-0.3, -0.25) is 0 Å². The van der Waals surface area contributed by atoms with E-state index in [2.05, 4.69) is 20.5 Å². The number of aromatic hydroxyl groups is 2. The molecule has 0 bridgehead atoms. The van der Waals surface area contributed by atoms with E-state index in [0.29, 0.717) is 10.8 Å². The molecule has 0 fully saturated rings. The maximum atomic E-state index is 12.2. The van der Waals surface area contributed by atoms with E-state index < -0.39 is 11.9 Å². The van der Waals surface area contributed by atoms with E-state index >= 15 is 0 Å². The number of nitrogens with zero attached hydrogens (tertiary/aromatic N) is 4. The van der Waals surface area contributed by atoms with Gasteiger partial charge in [-0.15, -0.1) is 10.2 Å². The molecule has 0 heterocycles. The van der Waals surface area contributed by atoms with Crippen LogP contribution in [-0.2, 0) is 0 Å². The Morgan fingerprint density at radius 2 is 0.911 bits per heavy atom. The van der Waals surface area contributed by atoms with E-state index in [4.69, 9.17) is 0 Å². The first-order valence-corrected chi connectivity index (χ1v) is 13.3. The molecule has 0 aromatic heterocycles. The summed E-state index contributed by atoms with van der Waals surface area (Å²) in [6.45, 7) is 0. The monoisotopic (exact) mass is 620 g/mol. The van der Waals surface area contributed by atoms with Gasteiger partial charge in [0.2, 0.25) is 0 Å². The van der Waals surface area contributed by atoms with E-state index in [-0.39, 0.29) is 94.2 Å². The Bertz CT molecular complexity index is 2030. The van der Waals surface area contributed by atoms with Gasteiger partial charge in [0.15, 0.2) is 0 Å². The van der Waals surface area contributed by atoms with Crippen molar-refractivity contribution in [3.8, 4) is 22.6 Å². The summed E-state index contributed by atoms with van der Waals surface area (Å²) in [5.74, 6) is -3.33. The summed E-state index contributed by atoms with van der Waals surface area (Å²) in [4.78, 5) is 24.3. The summed E-state index contributed by atoms with van der Waals surface area (Å²) >= 11 is 0. The Kier molecular flexibility index (Phi) is 9.19. The fraction of sp³-hybridized carbons (Fsp3) is 0. The normalized spacial score (nSPS) is 11.3. The third-order valence-electron chi connectivity index (χ3n) is 7.03. The van der Waals surface area contributed by atoms with Crippen LogP contribution in [0.1, 0.15) is 20.7 Å². The fourth-order valence-corrected chi connectivity index (χ4v) is 4.91. The molecule has 45 heavy (non-hydrogen) atoms. The molecule has 0 spiro atoms. The standard InChI is InChI=1S/C34H22N4O6.Ca/c39-29-15-9-19-5-1-3-7-23(19)31(29)37-35-21-11-13-25(27(17-21)33(41)42)26-14-12-22(18-28(26)34(43)44)36-38-32-24-8-4-2-6-20(24)10-16-30(32)40;/h1-18,39-40H,(H,41,42)(H,43,44);/q;+2/p-2. The summed E-state index contributed by atoms with van der Waals surface area (Å²) in [7, 11) is 0. The topological polar surface area (TPSA) is 170 Å². The molecular formula is C34H20CaN4O6. The number of carbonyl (C=O) groups excluding carboxylic acids is 2. The predicted octanol–water partition coefficient (Wildman–Crippen LogP) is 6.25. The average Bonchev–Trinajstić information content (AvgIpc) is 3.03. The van der Waals surface area contributed by atoms with Crippen LogP contribution in [0.2, 0.25) is 0 Å². The first-order valence-electron chi connectivity index (χ1n) is 13.3. The molecule has 0 unspecified atom stereocenters. The number of hydrogen-bond donors (Lipinski definition) is 2. The molecule has 10 nitrogen and oxygen atoms in total. The minimum atomic E-state index is -1.57. The molecule has 6 aromatic rings. The second-order valence-electron chi connectivity index (χ2n) is 9.74. The number of phenolic OH excluding ortho intramolecular Hbond substituents is 2. The molecule has 0 aliphatic heterocycles. The van der Waals surface area contributed by atoms with Crippen molar-refractivity contribution in [1.29, 1.82) is 0 Å². The number of carboxylic acid groups (broad SMARTS) is 2. The van der Waals surface area contributed by atoms with Gasteiger partial charge < -0.3 is 30.0 Å². The molecule has 0 amide bonds. The zero-order chi connectivity index (χ0) is 30.8. The first kappa shape index (κ1) is 31.3. The Morgan fingerprint density at radius 1 is 0.511 bits per heavy atom. The average molecular weight is 621 g/mol. The van der Waals surface area contributed by atoms with Crippen molar-refractivity contribution in [2.75, 3.05) is 0 Å². The van der Waals surface area contributed by atoms with Crippen molar-refractivity contribution < 1.29 is 30.0 Å². The van der Waals surface area contributed by atoms with Crippen molar-refractivity contribution in [2.24, 2.45) is 20.5 Å². The number of carbonyl (C=O) groups is 2. The molecule has 6 aromatic carbocycles. The first-order chi connectivity index (χ1) is 21.3. The van der Waals surface area contributed by atoms with Crippen LogP contribution in [0.15, 0.2) is 130 Å². The molecule has 6 rings (SSSR count). The van der Waals surface area contributed by atoms with Crippen LogP contribution in [0.3, 0.4) is 0 Å². The van der Waals surface area contributed by atoms with Crippen LogP contribution in [0.25, 0.3) is 32.7 Å². The van der Waals surface area contributed by atoms with Crippen LogP contribution in [-0.4, -0.2) is 59.9 Å². The quantitative estimate of drug-likeness (QED) is 0.158. The van der Waals surface area contributed by atoms with Gasteiger partial charge in [0.25, 0.3) is 0 Å². The Balaban J connectivity index is 0.00000400. The number of rotatable bonds is 7. The number of fused-ring (bicyclic) bond motifs is 2. The summed E-state index contributed by atoms with van der Waals surface area (Å²) in [5.41, 5.74) is 0.122. The van der Waals surface area contributed by atoms with Crippen molar-refractivity contribution >= 4 is 94.0 Å². The third kappa shape index (κ3) is 6.39. The molecule has 0 aliphatic carbocycles. The predicted molar refractivity (Wildman–Crippen MR) is 166 cm³/mol. The van der Waals surface area contributed by atoms with Crippen molar-refractivity contribution in [3.05, 3.63) is 120 Å². The maximum absolute atomic E-state index is 12.2. The zero-order valence-corrected chi connectivity index (χ0v) is 25.6. The van der Waals surface area contributed by atoms with E-state index in [1.807, 2.05) is 24.3 Å². The van der Waals surface area contributed by atoms with Crippen molar-refractivity contribution in [2.45, 2.75) is 0 Å². The maximum Gasteiger partial charge on any atom is 2.00 e. The van der Waals surface area contributed by atoms with Gasteiger partial charge in [0, 0.05) is 21.9 Å². The number of hydrogen-bond acceptors (Lipinski definition) is 10. The minimum Gasteiger partial charge on any atom is -0.545 e. The number of carboxylic acids is 2. The van der Waals surface area contributed by atoms with Crippen LogP contribution in [0.5, 0.6) is 11.5 Å². The Hall–Kier alpha value is -5.16. The van der Waals surface area contributed by atoms with E-state index in [0.717, 1.165) is 10.8 Å². The minimum absolute atomic E-state index is 0. The largest absolute Gasteiger partial charge is 2.00 e. The van der Waals surface area contributed by atoms with Crippen molar-refractivity contribution in [1.82, 2.24) is 0 Å². The summed E-state index contributed by atoms with van der Waals surface area (Å²) in [6.07, 6.45) is 0. The second-order valence-corrected chi connectivity index (χ2v) is 9.74. The molecule has 11 heteroatoms. The van der Waals surface area contributed by atoms with E-state index in [1.165, 1.54) is 48.5 Å². The van der Waals surface area contributed by atoms with Gasteiger partial charge in [0.05, 0.1) is 23.3 Å².